The van der Waals surface area contributed by atoms with E-state index in [0.717, 1.165) is 0 Å². The molecule has 0 aromatic carbocycles. The average molecular weight is 162 g/mol. The summed E-state index contributed by atoms with van der Waals surface area (Å²) in [5.41, 5.74) is 4.25. The Hall–Kier alpha value is -0.780. The molecule has 0 radical (unpaired) electrons. The largest absolute Gasteiger partial charge is 0.0915 e. The first-order valence-corrected chi connectivity index (χ1v) is 4.89. The summed E-state index contributed by atoms with van der Waals surface area (Å²) in [5, 5.41) is 0. The minimum Gasteiger partial charge on any atom is -0.0915 e. The minimum atomic E-state index is 1.20. The molecule has 66 valence electrons. The van der Waals surface area contributed by atoms with E-state index in [1.54, 1.807) is 0 Å². The monoisotopic (exact) mass is 162 g/mol. The van der Waals surface area contributed by atoms with Gasteiger partial charge >= 0.3 is 0 Å². The van der Waals surface area contributed by atoms with Crippen LogP contribution in [0.25, 0.3) is 0 Å². The Balaban J connectivity index is 2.73. The second kappa shape index (κ2) is 4.30. The van der Waals surface area contributed by atoms with Crippen LogP contribution in [0.5, 0.6) is 0 Å². The smallest absolute Gasteiger partial charge is 0.0273 e. The van der Waals surface area contributed by atoms with Crippen molar-refractivity contribution in [2.24, 2.45) is 0 Å². The highest BCUT2D eigenvalue weighted by Crippen LogP contribution is 2.29. The van der Waals surface area contributed by atoms with Gasteiger partial charge in [0.25, 0.3) is 0 Å². The van der Waals surface area contributed by atoms with Gasteiger partial charge in [-0.1, -0.05) is 45.4 Å². The molecule has 0 fully saturated rings. The maximum Gasteiger partial charge on any atom is -0.0273 e. The standard InChI is InChI=1S/C12H18/c1-4-6-11-9-8-10(3)12(11)7-5-2/h8-9H,3-7H2,1-2H3. The van der Waals surface area contributed by atoms with Crippen LogP contribution in [0.15, 0.2) is 35.5 Å². The Bertz CT molecular complexity index is 220. The molecule has 0 N–H and O–H groups in total. The lowest BCUT2D eigenvalue weighted by Gasteiger charge is -2.05. The predicted octanol–water partition coefficient (Wildman–Crippen LogP) is 4.01. The summed E-state index contributed by atoms with van der Waals surface area (Å²) >= 11 is 0. The van der Waals surface area contributed by atoms with Crippen LogP contribution >= 0.6 is 0 Å². The molecule has 0 amide bonds. The zero-order valence-electron chi connectivity index (χ0n) is 8.19. The lowest BCUT2D eigenvalue weighted by atomic mass is 10.0. The van der Waals surface area contributed by atoms with Crippen LogP contribution in [0.3, 0.4) is 0 Å². The molecule has 0 aromatic rings. The molecule has 12 heavy (non-hydrogen) atoms. The minimum absolute atomic E-state index is 1.20. The van der Waals surface area contributed by atoms with Gasteiger partial charge < -0.3 is 0 Å². The van der Waals surface area contributed by atoms with E-state index in [2.05, 4.69) is 32.6 Å². The molecular weight excluding hydrogens is 144 g/mol. The van der Waals surface area contributed by atoms with E-state index in [-0.39, 0.29) is 0 Å². The van der Waals surface area contributed by atoms with Gasteiger partial charge in [-0.05, 0) is 29.6 Å². The number of hydrogen-bond donors (Lipinski definition) is 0. The predicted molar refractivity (Wildman–Crippen MR) is 55.1 cm³/mol. The van der Waals surface area contributed by atoms with E-state index in [9.17, 15) is 0 Å². The Morgan fingerprint density at radius 2 is 1.75 bits per heavy atom. The normalized spacial score (nSPS) is 16.3. The van der Waals surface area contributed by atoms with E-state index in [0.29, 0.717) is 0 Å². The van der Waals surface area contributed by atoms with E-state index in [4.69, 9.17) is 0 Å². The van der Waals surface area contributed by atoms with E-state index < -0.39 is 0 Å². The molecule has 0 atom stereocenters. The van der Waals surface area contributed by atoms with Crippen molar-refractivity contribution in [2.75, 3.05) is 0 Å². The fourth-order valence-corrected chi connectivity index (χ4v) is 1.68. The lowest BCUT2D eigenvalue weighted by Crippen LogP contribution is -1.86. The maximum atomic E-state index is 4.04. The quantitative estimate of drug-likeness (QED) is 0.586. The Morgan fingerprint density at radius 1 is 1.08 bits per heavy atom. The van der Waals surface area contributed by atoms with Gasteiger partial charge in [-0.2, -0.15) is 0 Å². The zero-order valence-corrected chi connectivity index (χ0v) is 8.19. The fraction of sp³-hybridized carbons (Fsp3) is 0.500. The molecule has 0 heteroatoms. The summed E-state index contributed by atoms with van der Waals surface area (Å²) in [6.07, 6.45) is 9.25. The van der Waals surface area contributed by atoms with Crippen molar-refractivity contribution in [3.05, 3.63) is 35.5 Å². The van der Waals surface area contributed by atoms with E-state index in [1.165, 1.54) is 42.4 Å². The summed E-state index contributed by atoms with van der Waals surface area (Å²) < 4.78 is 0. The highest BCUT2D eigenvalue weighted by molar-refractivity contribution is 5.51. The van der Waals surface area contributed by atoms with Gasteiger partial charge in [0.2, 0.25) is 0 Å². The molecule has 1 rings (SSSR count). The summed E-state index contributed by atoms with van der Waals surface area (Å²) in [5.74, 6) is 0. The Labute approximate surface area is 75.7 Å². The van der Waals surface area contributed by atoms with Crippen molar-refractivity contribution >= 4 is 0 Å². The van der Waals surface area contributed by atoms with Gasteiger partial charge in [-0.15, -0.1) is 0 Å². The third-order valence-electron chi connectivity index (χ3n) is 2.28. The SMILES string of the molecule is C=C1C=CC(CCC)=C1CCC. The van der Waals surface area contributed by atoms with Gasteiger partial charge in [0.15, 0.2) is 0 Å². The highest BCUT2D eigenvalue weighted by Gasteiger charge is 2.10. The molecule has 0 saturated heterocycles. The van der Waals surface area contributed by atoms with Crippen molar-refractivity contribution in [3.8, 4) is 0 Å². The van der Waals surface area contributed by atoms with Gasteiger partial charge in [-0.25, -0.2) is 0 Å². The van der Waals surface area contributed by atoms with Crippen molar-refractivity contribution in [1.82, 2.24) is 0 Å². The Kier molecular flexibility index (Phi) is 3.33. The summed E-state index contributed by atoms with van der Waals surface area (Å²) in [4.78, 5) is 0. The molecule has 1 aliphatic carbocycles. The van der Waals surface area contributed by atoms with Crippen LogP contribution in [0.2, 0.25) is 0 Å². The molecule has 0 spiro atoms. The molecule has 0 aromatic heterocycles. The molecule has 0 heterocycles. The van der Waals surface area contributed by atoms with Gasteiger partial charge in [0.05, 0.1) is 0 Å². The molecule has 0 saturated carbocycles. The summed E-state index contributed by atoms with van der Waals surface area (Å²) in [6.45, 7) is 8.49. The van der Waals surface area contributed by atoms with E-state index in [1.807, 2.05) is 0 Å². The summed E-state index contributed by atoms with van der Waals surface area (Å²) in [6, 6.07) is 0. The van der Waals surface area contributed by atoms with Gasteiger partial charge in [0.1, 0.15) is 0 Å². The average Bonchev–Trinajstić information content (AvgIpc) is 2.37. The number of hydrogen-bond acceptors (Lipinski definition) is 0. The van der Waals surface area contributed by atoms with Crippen LogP contribution in [-0.4, -0.2) is 0 Å². The van der Waals surface area contributed by atoms with Gasteiger partial charge in [0, 0.05) is 0 Å². The highest BCUT2D eigenvalue weighted by atomic mass is 14.1. The third kappa shape index (κ3) is 1.88. The molecule has 0 aliphatic heterocycles. The number of rotatable bonds is 4. The van der Waals surface area contributed by atoms with Crippen molar-refractivity contribution < 1.29 is 0 Å². The second-order valence-corrected chi connectivity index (χ2v) is 3.36. The van der Waals surface area contributed by atoms with Crippen LogP contribution in [0.4, 0.5) is 0 Å². The first-order chi connectivity index (χ1) is 5.79. The van der Waals surface area contributed by atoms with E-state index >= 15 is 0 Å². The third-order valence-corrected chi connectivity index (χ3v) is 2.28. The van der Waals surface area contributed by atoms with Crippen molar-refractivity contribution in [2.45, 2.75) is 39.5 Å². The fourth-order valence-electron chi connectivity index (χ4n) is 1.68. The zero-order chi connectivity index (χ0) is 8.97. The molecular formula is C12H18. The van der Waals surface area contributed by atoms with Gasteiger partial charge in [-0.3, -0.25) is 0 Å². The van der Waals surface area contributed by atoms with Crippen LogP contribution in [0.1, 0.15) is 39.5 Å². The maximum absolute atomic E-state index is 4.04. The topological polar surface area (TPSA) is 0 Å². The first-order valence-electron chi connectivity index (χ1n) is 4.89. The second-order valence-electron chi connectivity index (χ2n) is 3.36. The van der Waals surface area contributed by atoms with Crippen LogP contribution in [-0.2, 0) is 0 Å². The lowest BCUT2D eigenvalue weighted by molar-refractivity contribution is 0.872. The summed E-state index contributed by atoms with van der Waals surface area (Å²) in [7, 11) is 0. The van der Waals surface area contributed by atoms with Crippen LogP contribution < -0.4 is 0 Å². The first kappa shape index (κ1) is 9.31. The number of allylic oxidation sites excluding steroid dienone is 5. The van der Waals surface area contributed by atoms with Crippen LogP contribution in [0, 0.1) is 0 Å². The molecule has 0 unspecified atom stereocenters. The van der Waals surface area contributed by atoms with Crippen molar-refractivity contribution in [1.29, 1.82) is 0 Å². The Morgan fingerprint density at radius 3 is 2.33 bits per heavy atom. The molecule has 0 nitrogen and oxygen atoms in total. The molecule has 1 aliphatic rings. The van der Waals surface area contributed by atoms with Crippen molar-refractivity contribution in [3.63, 3.8) is 0 Å². The molecule has 0 bridgehead atoms.